The number of para-hydroxylation sites is 1. The summed E-state index contributed by atoms with van der Waals surface area (Å²) in [5, 5.41) is 3.40. The molecule has 9 heteroatoms. The van der Waals surface area contributed by atoms with E-state index in [9.17, 15) is 13.2 Å². The van der Waals surface area contributed by atoms with E-state index in [1.807, 2.05) is 0 Å². The van der Waals surface area contributed by atoms with Gasteiger partial charge in [-0.05, 0) is 37.4 Å². The van der Waals surface area contributed by atoms with Crippen LogP contribution < -0.4 is 9.50 Å². The Labute approximate surface area is 162 Å². The number of hydrogen-bond donors (Lipinski definition) is 1. The lowest BCUT2D eigenvalue weighted by Crippen LogP contribution is -2.34. The van der Waals surface area contributed by atoms with Crippen molar-refractivity contribution in [1.82, 2.24) is 4.90 Å². The van der Waals surface area contributed by atoms with Crippen LogP contribution in [0.2, 0.25) is 10.0 Å². The van der Waals surface area contributed by atoms with E-state index in [-0.39, 0.29) is 30.5 Å². The summed E-state index contributed by atoms with van der Waals surface area (Å²) in [7, 11) is -2.09. The Balaban J connectivity index is 1.81. The molecule has 2 aromatic rings. The molecule has 0 spiro atoms. The minimum absolute atomic E-state index is 0.0150. The Hall–Kier alpha value is -1.80. The van der Waals surface area contributed by atoms with E-state index < -0.39 is 10.1 Å². The molecule has 0 aliphatic carbocycles. The first-order chi connectivity index (χ1) is 12.2. The van der Waals surface area contributed by atoms with Gasteiger partial charge in [0.25, 0.3) is 0 Å². The van der Waals surface area contributed by atoms with Crippen LogP contribution in [0.5, 0.6) is 5.75 Å². The summed E-state index contributed by atoms with van der Waals surface area (Å²) in [6.45, 7) is 0.158. The van der Waals surface area contributed by atoms with E-state index in [1.54, 1.807) is 60.5 Å². The molecule has 0 aromatic heterocycles. The fourth-order valence-corrected chi connectivity index (χ4v) is 3.35. The topological polar surface area (TPSA) is 75.7 Å². The number of rotatable bonds is 8. The monoisotopic (exact) mass is 416 g/mol. The summed E-state index contributed by atoms with van der Waals surface area (Å²) >= 11 is 11.7. The summed E-state index contributed by atoms with van der Waals surface area (Å²) < 4.78 is 28.9. The zero-order valence-electron chi connectivity index (χ0n) is 14.0. The van der Waals surface area contributed by atoms with Gasteiger partial charge in [0, 0.05) is 12.2 Å². The van der Waals surface area contributed by atoms with Crippen LogP contribution in [-0.2, 0) is 14.9 Å². The highest BCUT2D eigenvalue weighted by Gasteiger charge is 2.15. The number of carbonyl (C=O) groups excluding carboxylic acids is 1. The first-order valence-electron chi connectivity index (χ1n) is 7.66. The number of benzene rings is 2. The average molecular weight is 417 g/mol. The van der Waals surface area contributed by atoms with E-state index in [0.717, 1.165) is 0 Å². The first kappa shape index (κ1) is 20.5. The second-order valence-corrected chi connectivity index (χ2v) is 8.08. The van der Waals surface area contributed by atoms with Gasteiger partial charge in [-0.2, -0.15) is 8.42 Å². The lowest BCUT2D eigenvalue weighted by Gasteiger charge is -2.16. The molecule has 1 N–H and O–H groups in total. The Morgan fingerprint density at radius 1 is 1.12 bits per heavy atom. The van der Waals surface area contributed by atoms with Gasteiger partial charge in [-0.1, -0.05) is 41.4 Å². The molecule has 0 fully saturated rings. The minimum Gasteiger partial charge on any atom is -0.382 e. The Kier molecular flexibility index (Phi) is 7.28. The van der Waals surface area contributed by atoms with Crippen molar-refractivity contribution < 1.29 is 17.4 Å². The van der Waals surface area contributed by atoms with E-state index in [0.29, 0.717) is 15.7 Å². The van der Waals surface area contributed by atoms with Crippen LogP contribution in [0.25, 0.3) is 0 Å². The van der Waals surface area contributed by atoms with Gasteiger partial charge in [-0.25, -0.2) is 0 Å². The van der Waals surface area contributed by atoms with Crippen molar-refractivity contribution in [3.63, 3.8) is 0 Å². The van der Waals surface area contributed by atoms with E-state index in [4.69, 9.17) is 27.4 Å². The minimum atomic E-state index is -3.74. The summed E-state index contributed by atoms with van der Waals surface area (Å²) in [6, 6.07) is 13.0. The lowest BCUT2D eigenvalue weighted by molar-refractivity contribution is -0.117. The smallest absolute Gasteiger partial charge is 0.310 e. The van der Waals surface area contributed by atoms with Crippen LogP contribution in [0.1, 0.15) is 0 Å². The van der Waals surface area contributed by atoms with Crippen LogP contribution in [0, 0.1) is 0 Å². The van der Waals surface area contributed by atoms with Crippen LogP contribution in [0.3, 0.4) is 0 Å². The third kappa shape index (κ3) is 6.84. The summed E-state index contributed by atoms with van der Waals surface area (Å²) in [4.78, 5) is 13.6. The maximum atomic E-state index is 12.0. The number of carbonyl (C=O) groups is 1. The van der Waals surface area contributed by atoms with Gasteiger partial charge in [0.2, 0.25) is 5.91 Å². The van der Waals surface area contributed by atoms with E-state index in [2.05, 4.69) is 5.32 Å². The van der Waals surface area contributed by atoms with Crippen molar-refractivity contribution in [2.45, 2.75) is 0 Å². The van der Waals surface area contributed by atoms with Crippen molar-refractivity contribution in [2.24, 2.45) is 0 Å². The number of hydrogen-bond acceptors (Lipinski definition) is 5. The number of nitrogens with one attached hydrogen (secondary N) is 1. The van der Waals surface area contributed by atoms with Crippen LogP contribution in [-0.4, -0.2) is 45.1 Å². The van der Waals surface area contributed by atoms with Crippen molar-refractivity contribution in [1.29, 1.82) is 0 Å². The highest BCUT2D eigenvalue weighted by Crippen LogP contribution is 2.24. The molecule has 0 unspecified atom stereocenters. The van der Waals surface area contributed by atoms with Crippen LogP contribution in [0.15, 0.2) is 48.5 Å². The molecular weight excluding hydrogens is 399 g/mol. The fourth-order valence-electron chi connectivity index (χ4n) is 2.03. The zero-order valence-corrected chi connectivity index (χ0v) is 16.3. The number of halogens is 2. The molecule has 0 atom stereocenters. The number of nitrogens with zero attached hydrogens (tertiary/aromatic N) is 1. The second-order valence-electron chi connectivity index (χ2n) is 5.57. The highest BCUT2D eigenvalue weighted by molar-refractivity contribution is 7.87. The quantitative estimate of drug-likeness (QED) is 0.668. The number of anilines is 1. The summed E-state index contributed by atoms with van der Waals surface area (Å²) in [6.07, 6.45) is 0. The van der Waals surface area contributed by atoms with Crippen molar-refractivity contribution in [3.8, 4) is 5.75 Å². The Bertz CT molecular complexity index is 860. The SMILES string of the molecule is CN(CCS(=O)(=O)Oc1ccccc1)CC(=O)Nc1ccc(Cl)c(Cl)c1. The van der Waals surface area contributed by atoms with Gasteiger partial charge in [0.05, 0.1) is 22.3 Å². The third-order valence-electron chi connectivity index (χ3n) is 3.31. The molecule has 6 nitrogen and oxygen atoms in total. The molecule has 0 aliphatic heterocycles. The second kappa shape index (κ2) is 9.23. The molecule has 0 radical (unpaired) electrons. The Morgan fingerprint density at radius 3 is 2.46 bits per heavy atom. The first-order valence-corrected chi connectivity index (χ1v) is 9.99. The summed E-state index contributed by atoms with van der Waals surface area (Å²) in [5.74, 6) is -0.280. The molecule has 2 rings (SSSR count). The maximum Gasteiger partial charge on any atom is 0.310 e. The molecule has 2 aromatic carbocycles. The van der Waals surface area contributed by atoms with Crippen molar-refractivity contribution in [2.75, 3.05) is 31.2 Å². The lowest BCUT2D eigenvalue weighted by atomic mass is 10.3. The molecule has 1 amide bonds. The summed E-state index contributed by atoms with van der Waals surface area (Å²) in [5.41, 5.74) is 0.512. The van der Waals surface area contributed by atoms with Crippen molar-refractivity contribution >= 4 is 44.9 Å². The van der Waals surface area contributed by atoms with E-state index in [1.165, 1.54) is 0 Å². The normalized spacial score (nSPS) is 11.4. The molecule has 26 heavy (non-hydrogen) atoms. The van der Waals surface area contributed by atoms with Gasteiger partial charge in [0.1, 0.15) is 5.75 Å². The fraction of sp³-hybridized carbons (Fsp3) is 0.235. The maximum absolute atomic E-state index is 12.0. The van der Waals surface area contributed by atoms with Gasteiger partial charge in [-0.15, -0.1) is 0 Å². The van der Waals surface area contributed by atoms with E-state index >= 15 is 0 Å². The molecule has 0 aliphatic rings. The van der Waals surface area contributed by atoms with Gasteiger partial charge >= 0.3 is 10.1 Å². The standard InChI is InChI=1S/C17H18Cl2N2O4S/c1-21(9-10-26(23,24)25-14-5-3-2-4-6-14)12-17(22)20-13-7-8-15(18)16(19)11-13/h2-8,11H,9-10,12H2,1H3,(H,20,22). The predicted molar refractivity (Wildman–Crippen MR) is 103 cm³/mol. The molecule has 0 saturated heterocycles. The van der Waals surface area contributed by atoms with Crippen molar-refractivity contribution in [3.05, 3.63) is 58.6 Å². The molecule has 140 valence electrons. The Morgan fingerprint density at radius 2 is 1.81 bits per heavy atom. The average Bonchev–Trinajstić information content (AvgIpc) is 2.57. The number of likely N-dealkylation sites (N-methyl/N-ethyl adjacent to an activating group) is 1. The highest BCUT2D eigenvalue weighted by atomic mass is 35.5. The molecular formula is C17H18Cl2N2O4S. The van der Waals surface area contributed by atoms with Crippen LogP contribution >= 0.6 is 23.2 Å². The predicted octanol–water partition coefficient (Wildman–Crippen LogP) is 3.27. The number of amides is 1. The molecule has 0 bridgehead atoms. The van der Waals surface area contributed by atoms with Gasteiger partial charge in [-0.3, -0.25) is 9.69 Å². The third-order valence-corrected chi connectivity index (χ3v) is 5.17. The molecule has 0 saturated carbocycles. The van der Waals surface area contributed by atoms with Gasteiger partial charge < -0.3 is 9.50 Å². The zero-order chi connectivity index (χ0) is 19.2. The van der Waals surface area contributed by atoms with Gasteiger partial charge in [0.15, 0.2) is 0 Å². The van der Waals surface area contributed by atoms with Crippen LogP contribution in [0.4, 0.5) is 5.69 Å². The largest absolute Gasteiger partial charge is 0.382 e. The molecule has 0 heterocycles.